The third kappa shape index (κ3) is 7.66. The van der Waals surface area contributed by atoms with Crippen molar-refractivity contribution in [2.24, 2.45) is 5.92 Å². The summed E-state index contributed by atoms with van der Waals surface area (Å²) in [6.45, 7) is 4.88. The first-order valence-corrected chi connectivity index (χ1v) is 3.29. The van der Waals surface area contributed by atoms with E-state index in [2.05, 4.69) is 25.4 Å². The monoisotopic (exact) mass is 129 g/mol. The van der Waals surface area contributed by atoms with E-state index >= 15 is 0 Å². The van der Waals surface area contributed by atoms with Crippen LogP contribution in [-0.4, -0.2) is 11.8 Å². The molecule has 0 unspecified atom stereocenters. The molecule has 2 nitrogen and oxygen atoms in total. The molecule has 0 aliphatic rings. The summed E-state index contributed by atoms with van der Waals surface area (Å²) < 4.78 is 0. The molecule has 0 aromatic carbocycles. The van der Waals surface area contributed by atoms with Crippen LogP contribution in [0.5, 0.6) is 0 Å². The zero-order chi connectivity index (χ0) is 7.11. The normalized spacial score (nSPS) is 11.6. The molecule has 0 bridgehead atoms. The van der Waals surface area contributed by atoms with Gasteiger partial charge in [0.05, 0.1) is 0 Å². The fourth-order valence-electron chi connectivity index (χ4n) is 0.504. The molecule has 0 aliphatic carbocycles. The minimum Gasteiger partial charge on any atom is -0.317 e. The standard InChI is InChI=1S/C7H15NO/c1-7(2)5-3-4-6-8-9/h3-4,7-9H,5-6H2,1-2H3/b4-3-. The van der Waals surface area contributed by atoms with Gasteiger partial charge in [-0.25, -0.2) is 5.48 Å². The molecule has 0 amide bonds. The summed E-state index contributed by atoms with van der Waals surface area (Å²) in [4.78, 5) is 0. The van der Waals surface area contributed by atoms with Crippen LogP contribution in [0.4, 0.5) is 0 Å². The molecule has 54 valence electrons. The van der Waals surface area contributed by atoms with E-state index in [1.54, 1.807) is 0 Å². The van der Waals surface area contributed by atoms with Crippen molar-refractivity contribution in [1.29, 1.82) is 0 Å². The smallest absolute Gasteiger partial charge is 0.0388 e. The number of hydroxylamine groups is 1. The van der Waals surface area contributed by atoms with Crippen molar-refractivity contribution < 1.29 is 5.21 Å². The van der Waals surface area contributed by atoms with Crippen LogP contribution in [0.15, 0.2) is 12.2 Å². The molecule has 0 atom stereocenters. The molecular formula is C7H15NO. The number of hydrogen-bond acceptors (Lipinski definition) is 2. The van der Waals surface area contributed by atoms with Gasteiger partial charge in [-0.15, -0.1) is 0 Å². The maximum absolute atomic E-state index is 8.13. The Labute approximate surface area is 56.5 Å². The van der Waals surface area contributed by atoms with Crippen molar-refractivity contribution in [3.05, 3.63) is 12.2 Å². The van der Waals surface area contributed by atoms with Crippen molar-refractivity contribution in [2.75, 3.05) is 6.54 Å². The molecule has 0 aromatic rings. The second-order valence-corrected chi connectivity index (χ2v) is 2.46. The van der Waals surface area contributed by atoms with Gasteiger partial charge in [0, 0.05) is 6.54 Å². The van der Waals surface area contributed by atoms with Crippen LogP contribution in [0, 0.1) is 5.92 Å². The molecule has 0 heterocycles. The van der Waals surface area contributed by atoms with Gasteiger partial charge in [-0.3, -0.25) is 0 Å². The molecule has 0 saturated heterocycles. The third-order valence-electron chi connectivity index (χ3n) is 0.983. The summed E-state index contributed by atoms with van der Waals surface area (Å²) in [6.07, 6.45) is 5.07. The van der Waals surface area contributed by atoms with Crippen LogP contribution in [0.25, 0.3) is 0 Å². The molecule has 0 fully saturated rings. The van der Waals surface area contributed by atoms with Gasteiger partial charge >= 0.3 is 0 Å². The lowest BCUT2D eigenvalue weighted by atomic mass is 10.1. The molecule has 2 N–H and O–H groups in total. The van der Waals surface area contributed by atoms with E-state index in [9.17, 15) is 0 Å². The molecule has 0 saturated carbocycles. The highest BCUT2D eigenvalue weighted by molar-refractivity contribution is 4.83. The van der Waals surface area contributed by atoms with E-state index < -0.39 is 0 Å². The Hall–Kier alpha value is -0.340. The Morgan fingerprint density at radius 3 is 2.56 bits per heavy atom. The highest BCUT2D eigenvalue weighted by atomic mass is 16.5. The second kappa shape index (κ2) is 5.79. The lowest BCUT2D eigenvalue weighted by Crippen LogP contribution is -2.05. The maximum Gasteiger partial charge on any atom is 0.0388 e. The zero-order valence-electron chi connectivity index (χ0n) is 6.09. The number of hydrogen-bond donors (Lipinski definition) is 2. The van der Waals surface area contributed by atoms with E-state index in [0.717, 1.165) is 6.42 Å². The molecule has 0 rings (SSSR count). The number of nitrogens with one attached hydrogen (secondary N) is 1. The fraction of sp³-hybridized carbons (Fsp3) is 0.714. The van der Waals surface area contributed by atoms with Crippen molar-refractivity contribution in [3.63, 3.8) is 0 Å². The molecule has 0 spiro atoms. The van der Waals surface area contributed by atoms with E-state index in [1.807, 2.05) is 6.08 Å². The van der Waals surface area contributed by atoms with E-state index in [4.69, 9.17) is 5.21 Å². The van der Waals surface area contributed by atoms with Crippen LogP contribution >= 0.6 is 0 Å². The second-order valence-electron chi connectivity index (χ2n) is 2.46. The first kappa shape index (κ1) is 8.66. The number of rotatable bonds is 4. The van der Waals surface area contributed by atoms with E-state index in [1.165, 1.54) is 0 Å². The Morgan fingerprint density at radius 2 is 2.11 bits per heavy atom. The summed E-state index contributed by atoms with van der Waals surface area (Å²) in [7, 11) is 0. The van der Waals surface area contributed by atoms with Gasteiger partial charge in [0.1, 0.15) is 0 Å². The van der Waals surface area contributed by atoms with E-state index in [-0.39, 0.29) is 0 Å². The van der Waals surface area contributed by atoms with Gasteiger partial charge in [0.2, 0.25) is 0 Å². The summed E-state index contributed by atoms with van der Waals surface area (Å²) >= 11 is 0. The Balaban J connectivity index is 3.04. The van der Waals surface area contributed by atoms with Crippen molar-refractivity contribution in [3.8, 4) is 0 Å². The van der Waals surface area contributed by atoms with Gasteiger partial charge < -0.3 is 5.21 Å². The quantitative estimate of drug-likeness (QED) is 0.446. The van der Waals surface area contributed by atoms with E-state index in [0.29, 0.717) is 12.5 Å². The lowest BCUT2D eigenvalue weighted by molar-refractivity contribution is 0.179. The van der Waals surface area contributed by atoms with Gasteiger partial charge in [0.15, 0.2) is 0 Å². The predicted octanol–water partition coefficient (Wildman–Crippen LogP) is 1.57. The first-order valence-electron chi connectivity index (χ1n) is 3.29. The van der Waals surface area contributed by atoms with Crippen molar-refractivity contribution in [1.82, 2.24) is 5.48 Å². The molecule has 0 aliphatic heterocycles. The minimum absolute atomic E-state index is 0.548. The van der Waals surface area contributed by atoms with Crippen LogP contribution in [-0.2, 0) is 0 Å². The Kier molecular flexibility index (Phi) is 5.57. The van der Waals surface area contributed by atoms with Crippen LogP contribution in [0.1, 0.15) is 20.3 Å². The molecule has 9 heavy (non-hydrogen) atoms. The van der Waals surface area contributed by atoms with Crippen LogP contribution in [0.2, 0.25) is 0 Å². The summed E-state index contributed by atoms with van der Waals surface area (Å²) in [6, 6.07) is 0. The Bertz CT molecular complexity index is 79.0. The van der Waals surface area contributed by atoms with Gasteiger partial charge in [0.25, 0.3) is 0 Å². The summed E-state index contributed by atoms with van der Waals surface area (Å²) in [5, 5.41) is 8.13. The molecule has 0 aromatic heterocycles. The van der Waals surface area contributed by atoms with Gasteiger partial charge in [-0.2, -0.15) is 0 Å². The first-order chi connectivity index (χ1) is 4.27. The third-order valence-corrected chi connectivity index (χ3v) is 0.983. The predicted molar refractivity (Wildman–Crippen MR) is 38.4 cm³/mol. The molecule has 0 radical (unpaired) electrons. The van der Waals surface area contributed by atoms with Crippen LogP contribution < -0.4 is 5.48 Å². The minimum atomic E-state index is 0.548. The average molecular weight is 129 g/mol. The fourth-order valence-corrected chi connectivity index (χ4v) is 0.504. The number of allylic oxidation sites excluding steroid dienone is 1. The summed E-state index contributed by atoms with van der Waals surface area (Å²) in [5.74, 6) is 0.708. The topological polar surface area (TPSA) is 32.3 Å². The maximum atomic E-state index is 8.13. The highest BCUT2D eigenvalue weighted by Crippen LogP contribution is 1.98. The lowest BCUT2D eigenvalue weighted by Gasteiger charge is -1.95. The van der Waals surface area contributed by atoms with Crippen molar-refractivity contribution in [2.45, 2.75) is 20.3 Å². The van der Waals surface area contributed by atoms with Gasteiger partial charge in [-0.05, 0) is 12.3 Å². The molecule has 2 heteroatoms. The Morgan fingerprint density at radius 1 is 1.44 bits per heavy atom. The van der Waals surface area contributed by atoms with Crippen molar-refractivity contribution >= 4 is 0 Å². The largest absolute Gasteiger partial charge is 0.317 e. The highest BCUT2D eigenvalue weighted by Gasteiger charge is 1.85. The van der Waals surface area contributed by atoms with Gasteiger partial charge in [-0.1, -0.05) is 26.0 Å². The summed E-state index contributed by atoms with van der Waals surface area (Å²) in [5.41, 5.74) is 2.05. The molecular weight excluding hydrogens is 114 g/mol. The zero-order valence-corrected chi connectivity index (χ0v) is 6.09. The van der Waals surface area contributed by atoms with Crippen LogP contribution in [0.3, 0.4) is 0 Å². The average Bonchev–Trinajstić information content (AvgIpc) is 1.80. The SMILES string of the molecule is CC(C)C/C=C\CNO.